The Morgan fingerprint density at radius 3 is 2.23 bits per heavy atom. The number of rotatable bonds is 5. The molecule has 214 valence electrons. The van der Waals surface area contributed by atoms with Gasteiger partial charge in [0.2, 0.25) is 0 Å². The maximum absolute atomic E-state index is 13.4. The normalized spacial score (nSPS) is 16.2. The van der Waals surface area contributed by atoms with Gasteiger partial charge >= 0.3 is 12.1 Å². The summed E-state index contributed by atoms with van der Waals surface area (Å²) < 4.78 is 65.6. The fourth-order valence-corrected chi connectivity index (χ4v) is 5.16. The highest BCUT2D eigenvalue weighted by molar-refractivity contribution is 7.92. The number of nitrogens with one attached hydrogen (secondary N) is 2. The van der Waals surface area contributed by atoms with Crippen LogP contribution in [0.3, 0.4) is 0 Å². The van der Waals surface area contributed by atoms with Crippen LogP contribution in [-0.4, -0.2) is 89.0 Å². The molecule has 15 heteroatoms. The molecule has 39 heavy (non-hydrogen) atoms. The van der Waals surface area contributed by atoms with Crippen molar-refractivity contribution < 1.29 is 41.0 Å². The van der Waals surface area contributed by atoms with Gasteiger partial charge in [0.1, 0.15) is 0 Å². The molecule has 0 radical (unpaired) electrons. The maximum Gasteiger partial charge on any atom is 0.490 e. The Kier molecular flexibility index (Phi) is 10.0. The molecule has 0 aromatic heterocycles. The summed E-state index contributed by atoms with van der Waals surface area (Å²) in [5.41, 5.74) is 2.42. The number of piperazine rings is 1. The molecule has 2 aromatic rings. The first-order chi connectivity index (χ1) is 18.3. The van der Waals surface area contributed by atoms with Crippen molar-refractivity contribution in [3.8, 4) is 0 Å². The molecule has 2 aliphatic heterocycles. The number of hydrogen-bond acceptors (Lipinski definition) is 7. The summed E-state index contributed by atoms with van der Waals surface area (Å²) >= 11 is 6.12. The largest absolute Gasteiger partial charge is 0.490 e. The second-order valence-electron chi connectivity index (χ2n) is 8.69. The number of hydrogen-bond donors (Lipinski definition) is 3. The highest BCUT2D eigenvalue weighted by Crippen LogP contribution is 2.29. The zero-order valence-corrected chi connectivity index (χ0v) is 22.5. The number of halogens is 4. The maximum atomic E-state index is 13.4. The number of carboxylic acid groups (broad SMARTS) is 1. The first-order valence-corrected chi connectivity index (χ1v) is 13.7. The standard InChI is InChI=1S/C22H27ClN4O4S.C2HF3O2/c1-16-2-4-18(15-20(16)23)32(29,30)25-17-3-5-21(26-8-6-24-7-9-26)19(14-17)22(28)27-10-12-31-13-11-27;3-2(4,5)1(6)7/h2-5,14-15,24-25H,6-13H2,1H3;(H,6,7). The fraction of sp³-hybridized carbons (Fsp3) is 0.417. The first kappa shape index (κ1) is 30.5. The Morgan fingerprint density at radius 2 is 1.67 bits per heavy atom. The van der Waals surface area contributed by atoms with Gasteiger partial charge in [0.15, 0.2) is 0 Å². The lowest BCUT2D eigenvalue weighted by atomic mass is 10.1. The zero-order chi connectivity index (χ0) is 28.8. The number of carbonyl (C=O) groups is 2. The van der Waals surface area contributed by atoms with Crippen LogP contribution in [0, 0.1) is 6.92 Å². The lowest BCUT2D eigenvalue weighted by Crippen LogP contribution is -2.45. The van der Waals surface area contributed by atoms with Crippen LogP contribution in [0.4, 0.5) is 24.5 Å². The van der Waals surface area contributed by atoms with Crippen LogP contribution < -0.4 is 14.9 Å². The number of carbonyl (C=O) groups excluding carboxylic acids is 1. The summed E-state index contributed by atoms with van der Waals surface area (Å²) in [6.07, 6.45) is -5.08. The summed E-state index contributed by atoms with van der Waals surface area (Å²) in [6.45, 7) is 7.03. The van der Waals surface area contributed by atoms with Crippen molar-refractivity contribution in [1.29, 1.82) is 0 Å². The SMILES string of the molecule is Cc1ccc(S(=O)(=O)Nc2ccc(N3CCNCC3)c(C(=O)N3CCOCC3)c2)cc1Cl.O=C(O)C(F)(F)F. The second kappa shape index (κ2) is 12.9. The second-order valence-corrected chi connectivity index (χ2v) is 10.8. The van der Waals surface area contributed by atoms with Crippen LogP contribution in [0.1, 0.15) is 15.9 Å². The minimum Gasteiger partial charge on any atom is -0.475 e. The van der Waals surface area contributed by atoms with Crippen molar-refractivity contribution in [2.75, 3.05) is 62.1 Å². The van der Waals surface area contributed by atoms with Gasteiger partial charge in [-0.2, -0.15) is 13.2 Å². The summed E-state index contributed by atoms with van der Waals surface area (Å²) in [4.78, 5) is 26.2. The van der Waals surface area contributed by atoms with Crippen molar-refractivity contribution in [3.63, 3.8) is 0 Å². The van der Waals surface area contributed by atoms with Crippen LogP contribution in [0.2, 0.25) is 5.02 Å². The van der Waals surface area contributed by atoms with E-state index >= 15 is 0 Å². The number of nitrogens with zero attached hydrogens (tertiary/aromatic N) is 2. The van der Waals surface area contributed by atoms with E-state index in [1.807, 2.05) is 13.0 Å². The number of anilines is 2. The monoisotopic (exact) mass is 592 g/mol. The molecule has 1 amide bonds. The Labute approximate surface area is 228 Å². The van der Waals surface area contributed by atoms with E-state index in [2.05, 4.69) is 14.9 Å². The van der Waals surface area contributed by atoms with Crippen molar-refractivity contribution in [3.05, 3.63) is 52.5 Å². The Balaban J connectivity index is 0.000000532. The molecule has 0 aliphatic carbocycles. The number of aliphatic carboxylic acids is 1. The van der Waals surface area contributed by atoms with Crippen LogP contribution in [0.15, 0.2) is 41.3 Å². The molecule has 10 nitrogen and oxygen atoms in total. The number of alkyl halides is 3. The first-order valence-electron chi connectivity index (χ1n) is 11.9. The van der Waals surface area contributed by atoms with Crippen molar-refractivity contribution in [2.24, 2.45) is 0 Å². The molecule has 0 bridgehead atoms. The summed E-state index contributed by atoms with van der Waals surface area (Å²) in [5.74, 6) is -2.88. The number of ether oxygens (including phenoxy) is 1. The third-order valence-electron chi connectivity index (χ3n) is 5.93. The van der Waals surface area contributed by atoms with Gasteiger partial charge in [0.05, 0.1) is 23.7 Å². The van der Waals surface area contributed by atoms with Crippen LogP contribution in [0.5, 0.6) is 0 Å². The van der Waals surface area contributed by atoms with Crippen LogP contribution in [0.25, 0.3) is 0 Å². The number of amides is 1. The van der Waals surface area contributed by atoms with E-state index in [0.717, 1.165) is 37.4 Å². The van der Waals surface area contributed by atoms with E-state index in [4.69, 9.17) is 26.2 Å². The van der Waals surface area contributed by atoms with E-state index in [0.29, 0.717) is 42.6 Å². The lowest BCUT2D eigenvalue weighted by molar-refractivity contribution is -0.192. The number of carboxylic acids is 1. The highest BCUT2D eigenvalue weighted by atomic mass is 35.5. The third kappa shape index (κ3) is 8.21. The molecule has 3 N–H and O–H groups in total. The molecular weight excluding hydrogens is 565 g/mol. The minimum atomic E-state index is -5.08. The van der Waals surface area contributed by atoms with Crippen molar-refractivity contribution in [1.82, 2.24) is 10.2 Å². The number of sulfonamides is 1. The minimum absolute atomic E-state index is 0.0698. The molecule has 0 atom stereocenters. The highest BCUT2D eigenvalue weighted by Gasteiger charge is 2.38. The predicted octanol–water partition coefficient (Wildman–Crippen LogP) is 2.96. The van der Waals surface area contributed by atoms with Gasteiger partial charge in [-0.25, -0.2) is 13.2 Å². The van der Waals surface area contributed by atoms with E-state index in [-0.39, 0.29) is 10.8 Å². The van der Waals surface area contributed by atoms with Gasteiger partial charge in [0, 0.05) is 55.7 Å². The van der Waals surface area contributed by atoms with Crippen molar-refractivity contribution >= 4 is 44.9 Å². The molecule has 2 aliphatic rings. The van der Waals surface area contributed by atoms with Crippen molar-refractivity contribution in [2.45, 2.75) is 18.0 Å². The Bertz CT molecular complexity index is 1300. The molecule has 0 unspecified atom stereocenters. The van der Waals surface area contributed by atoms with E-state index in [1.165, 1.54) is 12.1 Å². The lowest BCUT2D eigenvalue weighted by Gasteiger charge is -2.33. The summed E-state index contributed by atoms with van der Waals surface area (Å²) in [7, 11) is -3.86. The Hall–Kier alpha value is -3.07. The van der Waals surface area contributed by atoms with E-state index in [1.54, 1.807) is 23.1 Å². The molecule has 2 saturated heterocycles. The zero-order valence-electron chi connectivity index (χ0n) is 20.9. The fourth-order valence-electron chi connectivity index (χ4n) is 3.84. The van der Waals surface area contributed by atoms with E-state index in [9.17, 15) is 26.4 Å². The smallest absolute Gasteiger partial charge is 0.475 e. The van der Waals surface area contributed by atoms with Gasteiger partial charge in [-0.15, -0.1) is 0 Å². The van der Waals surface area contributed by atoms with Gasteiger partial charge < -0.3 is 25.0 Å². The molecule has 2 aromatic carbocycles. The number of benzene rings is 2. The van der Waals surface area contributed by atoms with Gasteiger partial charge in [-0.1, -0.05) is 17.7 Å². The predicted molar refractivity (Wildman–Crippen MR) is 139 cm³/mol. The quantitative estimate of drug-likeness (QED) is 0.484. The molecule has 0 spiro atoms. The topological polar surface area (TPSA) is 128 Å². The molecular formula is C24H28ClF3N4O6S. The summed E-state index contributed by atoms with van der Waals surface area (Å²) in [6, 6.07) is 9.74. The molecule has 2 heterocycles. The Morgan fingerprint density at radius 1 is 1.05 bits per heavy atom. The van der Waals surface area contributed by atoms with E-state index < -0.39 is 22.2 Å². The van der Waals surface area contributed by atoms with Crippen LogP contribution in [-0.2, 0) is 19.6 Å². The summed E-state index contributed by atoms with van der Waals surface area (Å²) in [5, 5.41) is 10.8. The van der Waals surface area contributed by atoms with Gasteiger partial charge in [0.25, 0.3) is 15.9 Å². The third-order valence-corrected chi connectivity index (χ3v) is 7.72. The average Bonchev–Trinajstić information content (AvgIpc) is 2.90. The molecule has 0 saturated carbocycles. The average molecular weight is 593 g/mol. The van der Waals surface area contributed by atoms with Gasteiger partial charge in [-0.3, -0.25) is 9.52 Å². The number of morpholine rings is 1. The molecule has 4 rings (SSSR count). The van der Waals surface area contributed by atoms with Crippen LogP contribution >= 0.6 is 11.6 Å². The number of aryl methyl sites for hydroxylation is 1. The molecule has 2 fully saturated rings. The van der Waals surface area contributed by atoms with Gasteiger partial charge in [-0.05, 0) is 42.8 Å².